The van der Waals surface area contributed by atoms with Crippen LogP contribution in [0.4, 0.5) is 9.93 Å². The summed E-state index contributed by atoms with van der Waals surface area (Å²) in [6, 6.07) is 0. The number of thiazole rings is 1. The number of aromatic nitrogens is 5. The van der Waals surface area contributed by atoms with Crippen LogP contribution in [-0.4, -0.2) is 86.2 Å². The summed E-state index contributed by atoms with van der Waals surface area (Å²) in [5, 5.41) is 24.3. The number of likely N-dealkylation sites (N-methyl/N-ethyl adjacent to an activating group) is 1. The van der Waals surface area contributed by atoms with Gasteiger partial charge in [0.2, 0.25) is 0 Å². The van der Waals surface area contributed by atoms with Gasteiger partial charge in [0, 0.05) is 0 Å². The number of rotatable bonds is 10. The Balaban J connectivity index is 1.41. The van der Waals surface area contributed by atoms with Gasteiger partial charge in [-0.05, 0) is 0 Å². The van der Waals surface area contributed by atoms with Crippen molar-refractivity contribution in [2.75, 3.05) is 37.9 Å². The number of tetrazole rings is 1. The number of amides is 2. The number of aliphatic carboxylic acids is 1. The van der Waals surface area contributed by atoms with Crippen LogP contribution < -0.4 is 9.26 Å². The van der Waals surface area contributed by atoms with Gasteiger partial charge in [0.05, 0.1) is 0 Å². The molecule has 4 rings (SSSR count). The van der Waals surface area contributed by atoms with E-state index < -0.39 is 36.8 Å². The van der Waals surface area contributed by atoms with Gasteiger partial charge in [-0.2, -0.15) is 0 Å². The van der Waals surface area contributed by atoms with Crippen LogP contribution in [0, 0.1) is 0 Å². The number of nitrogens with zero attached hydrogens (tertiary/aromatic N) is 7. The van der Waals surface area contributed by atoms with Crippen molar-refractivity contribution in [1.29, 1.82) is 0 Å². The van der Waals surface area contributed by atoms with Gasteiger partial charge in [0.25, 0.3) is 0 Å². The zero-order chi connectivity index (χ0) is 24.4. The molecule has 2 aliphatic heterocycles. The van der Waals surface area contributed by atoms with Crippen molar-refractivity contribution in [3.8, 4) is 0 Å². The molecule has 0 atom stereocenters. The number of nitrogens with two attached hydrogens (primary N) is 1. The maximum atomic E-state index is 12.9. The number of hydrogen-bond acceptors (Lipinski definition) is 12. The average molecular weight is 753 g/mol. The summed E-state index contributed by atoms with van der Waals surface area (Å²) in [7, 11) is 5.56. The van der Waals surface area contributed by atoms with Gasteiger partial charge in [-0.15, -0.1) is 0 Å². The number of carboxylic acids is 1. The molecule has 186 valence electrons. The number of carbonyl (C=O) groups excluding carboxylic acids is 2. The first kappa shape index (κ1) is 25.9. The van der Waals surface area contributed by atoms with E-state index in [1.54, 1.807) is 19.0 Å². The molecular formula is C16H21I2N9O4S3. The molecule has 0 aliphatic carbocycles. The summed E-state index contributed by atoms with van der Waals surface area (Å²) < 4.78 is 5.88. The third kappa shape index (κ3) is 5.77. The Kier molecular flexibility index (Phi) is 8.53. The van der Waals surface area contributed by atoms with E-state index in [4.69, 9.17) is 5.73 Å². The van der Waals surface area contributed by atoms with Gasteiger partial charge in [0.15, 0.2) is 0 Å². The van der Waals surface area contributed by atoms with Crippen LogP contribution in [0.25, 0.3) is 0 Å². The third-order valence-corrected chi connectivity index (χ3v) is 36.6. The number of carboxylic acid groups (broad SMARTS) is 1. The van der Waals surface area contributed by atoms with Crippen molar-refractivity contribution in [1.82, 2.24) is 36.7 Å². The minimum absolute atomic E-state index is 0.0652. The number of carbonyl (C=O) groups is 3. The van der Waals surface area contributed by atoms with E-state index >= 15 is 0 Å². The molecule has 0 radical (unpaired) electrons. The molecule has 0 aromatic carbocycles. The van der Waals surface area contributed by atoms with Crippen molar-refractivity contribution < 1.29 is 19.5 Å². The standard InChI is InChI=1S/C16H21I2N9O4S3/c1-25(2)3-4-26-16(22-23-24-26)33-6-9-7-34-18-17(14(31)27(18)12(9)13(29)30)21-11(28)5-10-8-32-15(19)20-10/h8H,3-7H2,1-2H3,(H2,19,20)(H,21,28)(H,29,30). The van der Waals surface area contributed by atoms with Crippen LogP contribution in [0.15, 0.2) is 21.8 Å². The maximum absolute atomic E-state index is 12.9. The molecule has 4 heterocycles. The molecule has 0 unspecified atom stereocenters. The summed E-state index contributed by atoms with van der Waals surface area (Å²) >= 11 is -1.95. The van der Waals surface area contributed by atoms with E-state index in [0.29, 0.717) is 39.6 Å². The minimum atomic E-state index is -2.43. The zero-order valence-corrected chi connectivity index (χ0v) is 24.7. The molecule has 2 amide bonds. The van der Waals surface area contributed by atoms with E-state index in [-0.39, 0.29) is 21.9 Å². The van der Waals surface area contributed by atoms with Gasteiger partial charge in [-0.25, -0.2) is 0 Å². The second-order valence-electron chi connectivity index (χ2n) is 7.12. The number of nitrogens with one attached hydrogen (secondary N) is 1. The quantitative estimate of drug-likeness (QED) is 0.106. The van der Waals surface area contributed by atoms with E-state index in [2.05, 4.69) is 24.0 Å². The predicted molar refractivity (Wildman–Crippen MR) is 148 cm³/mol. The van der Waals surface area contributed by atoms with Crippen LogP contribution in [0.2, 0.25) is 0 Å². The Labute approximate surface area is 216 Å². The molecule has 0 bridgehead atoms. The summed E-state index contributed by atoms with van der Waals surface area (Å²) in [4.78, 5) is 43.5. The van der Waals surface area contributed by atoms with Crippen molar-refractivity contribution in [3.05, 3.63) is 22.3 Å². The number of fused-ring (bicyclic) bond motifs is 1. The molecule has 0 spiro atoms. The molecule has 13 nitrogen and oxygen atoms in total. The fraction of sp³-hybridized carbons (Fsp3) is 0.438. The fourth-order valence-electron chi connectivity index (χ4n) is 2.77. The Morgan fingerprint density at radius 1 is 1.41 bits per heavy atom. The molecule has 4 N–H and O–H groups in total. The number of thioether (sulfide) groups is 1. The van der Waals surface area contributed by atoms with Crippen LogP contribution in [0.1, 0.15) is 5.69 Å². The monoisotopic (exact) mass is 753 g/mol. The summed E-state index contributed by atoms with van der Waals surface area (Å²) in [6.07, 6.45) is 0.0652. The molecular weight excluding hydrogens is 732 g/mol. The number of halogens is 2. The Morgan fingerprint density at radius 2 is 2.21 bits per heavy atom. The van der Waals surface area contributed by atoms with Crippen LogP contribution in [0.3, 0.4) is 0 Å². The molecule has 18 heteroatoms. The first-order valence-corrected chi connectivity index (χ1v) is 24.4. The van der Waals surface area contributed by atoms with Gasteiger partial charge < -0.3 is 0 Å². The molecule has 2 aromatic heterocycles. The molecule has 2 aliphatic rings. The molecule has 1 fully saturated rings. The van der Waals surface area contributed by atoms with E-state index in [0.717, 1.165) is 6.54 Å². The van der Waals surface area contributed by atoms with Gasteiger partial charge in [-0.1, -0.05) is 0 Å². The average Bonchev–Trinajstić information content (AvgIpc) is 3.41. The molecule has 34 heavy (non-hydrogen) atoms. The summed E-state index contributed by atoms with van der Waals surface area (Å²) in [5.74, 6) is -0.474. The van der Waals surface area contributed by atoms with E-state index in [1.807, 2.05) is 19.0 Å². The van der Waals surface area contributed by atoms with Crippen molar-refractivity contribution in [2.45, 2.75) is 18.1 Å². The molecule has 0 saturated carbocycles. The van der Waals surface area contributed by atoms with Crippen molar-refractivity contribution in [2.24, 2.45) is 0 Å². The van der Waals surface area contributed by atoms with Crippen molar-refractivity contribution in [3.63, 3.8) is 0 Å². The Hall–Kier alpha value is -1.23. The van der Waals surface area contributed by atoms with E-state index in [1.165, 1.54) is 26.2 Å². The van der Waals surface area contributed by atoms with Gasteiger partial charge in [0.1, 0.15) is 0 Å². The first-order valence-electron chi connectivity index (χ1n) is 9.61. The second kappa shape index (κ2) is 11.2. The number of hydrogen-bond donors (Lipinski definition) is 3. The van der Waals surface area contributed by atoms with Gasteiger partial charge in [-0.3, -0.25) is 0 Å². The number of anilines is 1. The Bertz CT molecular complexity index is 1140. The van der Waals surface area contributed by atoms with Crippen LogP contribution in [0.5, 0.6) is 0 Å². The topological polar surface area (TPSA) is 172 Å². The van der Waals surface area contributed by atoms with Crippen molar-refractivity contribution >= 4 is 83.8 Å². The second-order valence-corrected chi connectivity index (χ2v) is 32.5. The third-order valence-electron chi connectivity index (χ3n) is 4.34. The van der Waals surface area contributed by atoms with Crippen LogP contribution >= 0.6 is 62.9 Å². The fourth-order valence-corrected chi connectivity index (χ4v) is 35.1. The van der Waals surface area contributed by atoms with Gasteiger partial charge >= 0.3 is 218 Å². The first-order chi connectivity index (χ1) is 16.2. The Morgan fingerprint density at radius 3 is 2.88 bits per heavy atom. The predicted octanol–water partition coefficient (Wildman–Crippen LogP) is 1.92. The number of nitrogen functional groups attached to an aromatic ring is 1. The normalized spacial score (nSPS) is 17.7. The van der Waals surface area contributed by atoms with Crippen LogP contribution in [-0.2, 0) is 22.6 Å². The molecule has 2 aromatic rings. The summed E-state index contributed by atoms with van der Waals surface area (Å²) in [6.45, 7) is 1.38. The molecule has 1 saturated heterocycles. The van der Waals surface area contributed by atoms with E-state index in [9.17, 15) is 19.5 Å². The summed E-state index contributed by atoms with van der Waals surface area (Å²) in [5.41, 5.74) is 6.92. The SMILES string of the molecule is CN(C)CCn1nnnc1SCC1=C(C(=O)O)N2C(=O)I(NC(=O)Cc3csc(N)n3)I2SC1. The zero-order valence-electron chi connectivity index (χ0n) is 18.0.